The van der Waals surface area contributed by atoms with Gasteiger partial charge in [0.25, 0.3) is 0 Å². The average molecular weight is 749 g/mol. The molecule has 298 valence electrons. The highest BCUT2D eigenvalue weighted by atomic mass is 16.6. The summed E-state index contributed by atoms with van der Waals surface area (Å²) < 4.78 is 44.3. The third-order valence-corrected chi connectivity index (χ3v) is 13.1. The number of rotatable bonds is 4. The van der Waals surface area contributed by atoms with Gasteiger partial charge in [-0.3, -0.25) is 9.59 Å². The number of hydrogen-bond acceptors (Lipinski definition) is 13. The van der Waals surface area contributed by atoms with Crippen LogP contribution in [0.2, 0.25) is 0 Å². The Morgan fingerprint density at radius 1 is 0.736 bits per heavy atom. The summed E-state index contributed by atoms with van der Waals surface area (Å²) in [6.07, 6.45) is -3.55. The van der Waals surface area contributed by atoms with Gasteiger partial charge in [0, 0.05) is 51.6 Å². The van der Waals surface area contributed by atoms with Crippen molar-refractivity contribution in [3.8, 4) is 0 Å². The minimum atomic E-state index is -1.10. The number of carbonyl (C=O) groups excluding carboxylic acids is 2. The fourth-order valence-electron chi connectivity index (χ4n) is 10.1. The van der Waals surface area contributed by atoms with Crippen LogP contribution in [0.3, 0.4) is 0 Å². The zero-order valence-electron chi connectivity index (χ0n) is 31.2. The molecule has 13 nitrogen and oxygen atoms in total. The lowest BCUT2D eigenvalue weighted by atomic mass is 9.81. The van der Waals surface area contributed by atoms with E-state index in [4.69, 9.17) is 33.2 Å². The first-order chi connectivity index (χ1) is 25.4. The Labute approximate surface area is 312 Å². The van der Waals surface area contributed by atoms with Gasteiger partial charge in [0.1, 0.15) is 42.1 Å². The van der Waals surface area contributed by atoms with Crippen LogP contribution in [0, 0.1) is 11.8 Å². The Bertz CT molecular complexity index is 1340. The van der Waals surface area contributed by atoms with E-state index in [-0.39, 0.29) is 79.9 Å². The van der Waals surface area contributed by atoms with Crippen LogP contribution in [0.4, 0.5) is 0 Å². The number of aliphatic hydroxyl groups is 4. The molecule has 0 radical (unpaired) electrons. The molecule has 4 N–H and O–H groups in total. The van der Waals surface area contributed by atoms with Crippen molar-refractivity contribution in [2.75, 3.05) is 13.7 Å². The van der Waals surface area contributed by atoms with Gasteiger partial charge in [-0.2, -0.15) is 0 Å². The predicted molar refractivity (Wildman–Crippen MR) is 189 cm³/mol. The van der Waals surface area contributed by atoms with Gasteiger partial charge in [0.2, 0.25) is 0 Å². The van der Waals surface area contributed by atoms with Gasteiger partial charge < -0.3 is 53.6 Å². The lowest BCUT2D eigenvalue weighted by molar-refractivity contribution is -0.259. The highest BCUT2D eigenvalue weighted by molar-refractivity contribution is 5.79. The zero-order chi connectivity index (χ0) is 37.6. The molecule has 7 heterocycles. The average Bonchev–Trinajstić information content (AvgIpc) is 3.76. The van der Waals surface area contributed by atoms with Crippen LogP contribution in [0.5, 0.6) is 0 Å². The van der Waals surface area contributed by atoms with Crippen molar-refractivity contribution in [3.05, 3.63) is 24.3 Å². The first-order valence-electron chi connectivity index (χ1n) is 19.9. The molecule has 13 heteroatoms. The van der Waals surface area contributed by atoms with Crippen LogP contribution in [-0.4, -0.2) is 143 Å². The molecule has 7 aliphatic heterocycles. The molecular weight excluding hydrogens is 688 g/mol. The molecule has 7 rings (SSSR count). The van der Waals surface area contributed by atoms with E-state index in [0.717, 1.165) is 30.4 Å². The van der Waals surface area contributed by atoms with Crippen LogP contribution in [0.1, 0.15) is 90.4 Å². The van der Waals surface area contributed by atoms with Crippen LogP contribution >= 0.6 is 0 Å². The normalized spacial score (nSPS) is 47.7. The van der Waals surface area contributed by atoms with E-state index in [9.17, 15) is 30.0 Å². The quantitative estimate of drug-likeness (QED) is 0.308. The second-order valence-corrected chi connectivity index (χ2v) is 16.8. The SMILES string of the molecule is C=C1CC2CCC(=O)C[C@@H]3O[C@@H]4[C@@H](O[C@H]5CC[C@H](CC(=O)C[C@H]6[C@H](CC7O[C@@H](CCC1O2)C[C@@H](C)C7=C)OC(C[C@H](O)CO)[C@@H]6OC)OC5[C@@H]4O)[C@H]3O. The molecule has 7 aliphatic rings. The monoisotopic (exact) mass is 748 g/mol. The highest BCUT2D eigenvalue weighted by Gasteiger charge is 2.57. The van der Waals surface area contributed by atoms with Crippen LogP contribution in [0.15, 0.2) is 24.3 Å². The van der Waals surface area contributed by atoms with E-state index in [1.54, 1.807) is 7.11 Å². The number of Topliss-reactive ketones (excluding diaryl/α,β-unsaturated/α-hetero) is 2. The minimum Gasteiger partial charge on any atom is -0.394 e. The number of aliphatic hydroxyl groups excluding tert-OH is 4. The Morgan fingerprint density at radius 2 is 1.45 bits per heavy atom. The maximum absolute atomic E-state index is 13.9. The Balaban J connectivity index is 1.11. The summed E-state index contributed by atoms with van der Waals surface area (Å²) in [5.41, 5.74) is 2.00. The fraction of sp³-hybridized carbons (Fsp3) is 0.850. The number of carbonyl (C=O) groups is 2. The molecule has 0 aromatic heterocycles. The summed E-state index contributed by atoms with van der Waals surface area (Å²) in [4.78, 5) is 27.0. The fourth-order valence-corrected chi connectivity index (χ4v) is 10.1. The van der Waals surface area contributed by atoms with Crippen molar-refractivity contribution >= 4 is 11.6 Å². The first-order valence-corrected chi connectivity index (χ1v) is 19.9. The molecule has 0 spiro atoms. The van der Waals surface area contributed by atoms with E-state index in [2.05, 4.69) is 20.1 Å². The number of ether oxygens (including phenoxy) is 7. The number of ketones is 2. The van der Waals surface area contributed by atoms with Crippen molar-refractivity contribution in [2.45, 2.75) is 188 Å². The number of methoxy groups -OCH3 is 1. The molecule has 7 fully saturated rings. The molecule has 0 aliphatic carbocycles. The van der Waals surface area contributed by atoms with Crippen molar-refractivity contribution in [3.63, 3.8) is 0 Å². The summed E-state index contributed by atoms with van der Waals surface area (Å²) in [5.74, 6) is -0.221. The summed E-state index contributed by atoms with van der Waals surface area (Å²) in [5, 5.41) is 42.6. The van der Waals surface area contributed by atoms with Crippen molar-refractivity contribution in [1.82, 2.24) is 0 Å². The Kier molecular flexibility index (Phi) is 12.6. The van der Waals surface area contributed by atoms with Gasteiger partial charge in [0.05, 0.1) is 73.8 Å². The van der Waals surface area contributed by atoms with Gasteiger partial charge in [-0.05, 0) is 62.0 Å². The molecule has 0 aromatic rings. The van der Waals surface area contributed by atoms with E-state index >= 15 is 0 Å². The topological polar surface area (TPSA) is 180 Å². The third-order valence-electron chi connectivity index (χ3n) is 13.1. The van der Waals surface area contributed by atoms with Gasteiger partial charge in [0.15, 0.2) is 0 Å². The molecule has 18 atom stereocenters. The van der Waals surface area contributed by atoms with Gasteiger partial charge >= 0.3 is 0 Å². The maximum atomic E-state index is 13.9. The second kappa shape index (κ2) is 16.9. The molecule has 7 saturated heterocycles. The molecule has 8 bridgehead atoms. The predicted octanol–water partition coefficient (Wildman–Crippen LogP) is 2.27. The molecule has 5 unspecified atom stereocenters. The summed E-state index contributed by atoms with van der Waals surface area (Å²) in [7, 11) is 1.58. The van der Waals surface area contributed by atoms with Gasteiger partial charge in [-0.25, -0.2) is 0 Å². The van der Waals surface area contributed by atoms with Crippen LogP contribution in [-0.2, 0) is 42.7 Å². The van der Waals surface area contributed by atoms with Crippen molar-refractivity contribution in [2.24, 2.45) is 11.8 Å². The third kappa shape index (κ3) is 8.56. The van der Waals surface area contributed by atoms with E-state index in [1.807, 2.05) is 0 Å². The zero-order valence-corrected chi connectivity index (χ0v) is 31.2. The lowest BCUT2D eigenvalue weighted by Crippen LogP contribution is -2.61. The van der Waals surface area contributed by atoms with E-state index < -0.39 is 79.9 Å². The Morgan fingerprint density at radius 3 is 2.23 bits per heavy atom. The number of fused-ring (bicyclic) bond motifs is 7. The standard InChI is InChI=1S/C40H60O13/c1-19-11-26-7-9-29-20(2)12-25(48-29)6-5-22(42)15-33-35(45)39-40(53-33)36(46)38-30(52-39)10-8-27(50-38)13-23(43)14-28-32(17-31(49-26)21(19)3)51-34(37(28)47-4)16-24(44)18-41/h19,24-41,44-46H,2-3,5-18H2,1,4H3/t19-,24+,25?,26+,27-,28+,29?,30+,31?,32+,33+,34?,35+,36+,37-,38?,39+,40+/m1/s1. The molecule has 0 amide bonds. The van der Waals surface area contributed by atoms with Crippen molar-refractivity contribution in [1.29, 1.82) is 0 Å². The van der Waals surface area contributed by atoms with E-state index in [0.29, 0.717) is 32.1 Å². The first kappa shape index (κ1) is 39.6. The molecule has 0 aromatic carbocycles. The maximum Gasteiger partial charge on any atom is 0.135 e. The number of hydrogen-bond donors (Lipinski definition) is 4. The van der Waals surface area contributed by atoms with Crippen molar-refractivity contribution < 1.29 is 63.2 Å². The summed E-state index contributed by atoms with van der Waals surface area (Å²) >= 11 is 0. The summed E-state index contributed by atoms with van der Waals surface area (Å²) in [6, 6.07) is 0. The smallest absolute Gasteiger partial charge is 0.135 e. The highest BCUT2D eigenvalue weighted by Crippen LogP contribution is 2.43. The molecule has 53 heavy (non-hydrogen) atoms. The largest absolute Gasteiger partial charge is 0.394 e. The van der Waals surface area contributed by atoms with Gasteiger partial charge in [-0.15, -0.1) is 0 Å². The van der Waals surface area contributed by atoms with Crippen LogP contribution < -0.4 is 0 Å². The lowest BCUT2D eigenvalue weighted by Gasteiger charge is -2.46. The molecule has 0 saturated carbocycles. The molecular formula is C40H60O13. The second-order valence-electron chi connectivity index (χ2n) is 16.8. The summed E-state index contributed by atoms with van der Waals surface area (Å²) in [6.45, 7) is 10.4. The van der Waals surface area contributed by atoms with Crippen LogP contribution in [0.25, 0.3) is 0 Å². The van der Waals surface area contributed by atoms with Gasteiger partial charge in [-0.1, -0.05) is 20.1 Å². The minimum absolute atomic E-state index is 0.00643. The Hall–Kier alpha value is -1.62. The van der Waals surface area contributed by atoms with E-state index in [1.165, 1.54) is 0 Å².